The molecule has 2 saturated heterocycles. The lowest BCUT2D eigenvalue weighted by molar-refractivity contribution is -0.112. The SMILES string of the molecule is Fc1cccc(CBr)c1OC1CCOC2(CCOC2)C1. The molecule has 0 aliphatic carbocycles. The van der Waals surface area contributed by atoms with E-state index in [-0.39, 0.29) is 17.5 Å². The average Bonchev–Trinajstić information content (AvgIpc) is 2.89. The van der Waals surface area contributed by atoms with Gasteiger partial charge in [-0.25, -0.2) is 4.39 Å². The lowest BCUT2D eigenvalue weighted by Crippen LogP contribution is -2.44. The molecule has 20 heavy (non-hydrogen) atoms. The van der Waals surface area contributed by atoms with Crippen molar-refractivity contribution in [2.75, 3.05) is 19.8 Å². The second kappa shape index (κ2) is 6.00. The molecule has 0 aromatic heterocycles. The fraction of sp³-hybridized carbons (Fsp3) is 0.600. The van der Waals surface area contributed by atoms with Crippen LogP contribution in [0.15, 0.2) is 18.2 Å². The van der Waals surface area contributed by atoms with E-state index >= 15 is 0 Å². The van der Waals surface area contributed by atoms with Crippen LogP contribution in [0.1, 0.15) is 24.8 Å². The fourth-order valence-electron chi connectivity index (χ4n) is 2.90. The van der Waals surface area contributed by atoms with E-state index in [0.717, 1.165) is 31.4 Å². The minimum Gasteiger partial charge on any atom is -0.487 e. The van der Waals surface area contributed by atoms with Crippen molar-refractivity contribution in [3.05, 3.63) is 29.6 Å². The maximum Gasteiger partial charge on any atom is 0.165 e. The topological polar surface area (TPSA) is 27.7 Å². The number of benzene rings is 1. The van der Waals surface area contributed by atoms with Gasteiger partial charge in [0.25, 0.3) is 0 Å². The van der Waals surface area contributed by atoms with Crippen LogP contribution >= 0.6 is 15.9 Å². The second-order valence-electron chi connectivity index (χ2n) is 5.43. The molecule has 2 heterocycles. The van der Waals surface area contributed by atoms with Crippen molar-refractivity contribution in [2.24, 2.45) is 0 Å². The maximum atomic E-state index is 14.0. The summed E-state index contributed by atoms with van der Waals surface area (Å²) in [4.78, 5) is 0. The van der Waals surface area contributed by atoms with Crippen molar-refractivity contribution in [1.82, 2.24) is 0 Å². The number of halogens is 2. The van der Waals surface area contributed by atoms with Crippen molar-refractivity contribution in [3.63, 3.8) is 0 Å². The number of ether oxygens (including phenoxy) is 3. The highest BCUT2D eigenvalue weighted by atomic mass is 79.9. The Morgan fingerprint density at radius 1 is 1.40 bits per heavy atom. The third-order valence-electron chi connectivity index (χ3n) is 3.99. The van der Waals surface area contributed by atoms with Crippen LogP contribution in [0.5, 0.6) is 5.75 Å². The Labute approximate surface area is 126 Å². The van der Waals surface area contributed by atoms with Gasteiger partial charge in [0.15, 0.2) is 11.6 Å². The first-order valence-electron chi connectivity index (χ1n) is 6.94. The van der Waals surface area contributed by atoms with Gasteiger partial charge in [-0.05, 0) is 6.07 Å². The van der Waals surface area contributed by atoms with Crippen LogP contribution < -0.4 is 4.74 Å². The molecule has 3 nitrogen and oxygen atoms in total. The van der Waals surface area contributed by atoms with E-state index in [2.05, 4.69) is 15.9 Å². The number of rotatable bonds is 3. The zero-order valence-electron chi connectivity index (χ0n) is 11.2. The Bertz CT molecular complexity index is 474. The highest BCUT2D eigenvalue weighted by Gasteiger charge is 2.42. The van der Waals surface area contributed by atoms with Crippen molar-refractivity contribution < 1.29 is 18.6 Å². The molecule has 0 radical (unpaired) electrons. The Morgan fingerprint density at radius 2 is 2.30 bits per heavy atom. The van der Waals surface area contributed by atoms with E-state index in [1.54, 1.807) is 6.07 Å². The summed E-state index contributed by atoms with van der Waals surface area (Å²) in [5.41, 5.74) is 0.621. The van der Waals surface area contributed by atoms with E-state index in [1.165, 1.54) is 6.07 Å². The van der Waals surface area contributed by atoms with Crippen LogP contribution in [-0.4, -0.2) is 31.5 Å². The monoisotopic (exact) mass is 344 g/mol. The Kier molecular flexibility index (Phi) is 4.29. The van der Waals surface area contributed by atoms with Gasteiger partial charge in [-0.15, -0.1) is 0 Å². The molecule has 0 bridgehead atoms. The van der Waals surface area contributed by atoms with Crippen molar-refractivity contribution >= 4 is 15.9 Å². The first kappa shape index (κ1) is 14.3. The van der Waals surface area contributed by atoms with Gasteiger partial charge in [-0.3, -0.25) is 0 Å². The molecule has 2 aliphatic rings. The van der Waals surface area contributed by atoms with Crippen molar-refractivity contribution in [3.8, 4) is 5.75 Å². The third-order valence-corrected chi connectivity index (χ3v) is 4.60. The molecule has 110 valence electrons. The molecular weight excluding hydrogens is 327 g/mol. The molecule has 2 fully saturated rings. The summed E-state index contributed by atoms with van der Waals surface area (Å²) >= 11 is 3.38. The molecule has 3 rings (SSSR count). The largest absolute Gasteiger partial charge is 0.487 e. The van der Waals surface area contributed by atoms with E-state index in [0.29, 0.717) is 24.3 Å². The summed E-state index contributed by atoms with van der Waals surface area (Å²) < 4.78 is 31.2. The smallest absolute Gasteiger partial charge is 0.165 e. The summed E-state index contributed by atoms with van der Waals surface area (Å²) in [6.45, 7) is 2.00. The van der Waals surface area contributed by atoms with Gasteiger partial charge in [-0.2, -0.15) is 0 Å². The molecule has 2 unspecified atom stereocenters. The minimum absolute atomic E-state index is 0.0138. The van der Waals surface area contributed by atoms with E-state index < -0.39 is 0 Å². The van der Waals surface area contributed by atoms with Crippen LogP contribution in [0.3, 0.4) is 0 Å². The summed E-state index contributed by atoms with van der Waals surface area (Å²) in [7, 11) is 0. The molecule has 1 aromatic carbocycles. The quantitative estimate of drug-likeness (QED) is 0.786. The van der Waals surface area contributed by atoms with Crippen LogP contribution in [-0.2, 0) is 14.8 Å². The normalized spacial score (nSPS) is 29.8. The average molecular weight is 345 g/mol. The van der Waals surface area contributed by atoms with Gasteiger partial charge in [0.05, 0.1) is 18.8 Å². The predicted molar refractivity (Wildman–Crippen MR) is 76.8 cm³/mol. The molecule has 2 aliphatic heterocycles. The summed E-state index contributed by atoms with van der Waals surface area (Å²) in [5, 5.41) is 0.581. The lowest BCUT2D eigenvalue weighted by atomic mass is 9.91. The van der Waals surface area contributed by atoms with Gasteiger partial charge < -0.3 is 14.2 Å². The van der Waals surface area contributed by atoms with E-state index in [4.69, 9.17) is 14.2 Å². The molecule has 2 atom stereocenters. The highest BCUT2D eigenvalue weighted by molar-refractivity contribution is 9.08. The summed E-state index contributed by atoms with van der Waals surface area (Å²) in [5.74, 6) is 0.0653. The van der Waals surface area contributed by atoms with Gasteiger partial charge in [-0.1, -0.05) is 28.1 Å². The first-order valence-corrected chi connectivity index (χ1v) is 8.06. The van der Waals surface area contributed by atoms with E-state index in [9.17, 15) is 4.39 Å². The number of alkyl halides is 1. The third kappa shape index (κ3) is 2.85. The number of para-hydroxylation sites is 1. The van der Waals surface area contributed by atoms with E-state index in [1.807, 2.05) is 6.07 Å². The highest BCUT2D eigenvalue weighted by Crippen LogP contribution is 2.36. The molecule has 0 saturated carbocycles. The minimum atomic E-state index is -0.301. The summed E-state index contributed by atoms with van der Waals surface area (Å²) in [6, 6.07) is 5.02. The molecular formula is C15H18BrFO3. The lowest BCUT2D eigenvalue weighted by Gasteiger charge is -2.37. The van der Waals surface area contributed by atoms with Gasteiger partial charge in [0.1, 0.15) is 6.10 Å². The zero-order chi connectivity index (χ0) is 14.0. The van der Waals surface area contributed by atoms with Gasteiger partial charge >= 0.3 is 0 Å². The Morgan fingerprint density at radius 3 is 3.05 bits per heavy atom. The molecule has 1 aromatic rings. The molecule has 0 amide bonds. The molecule has 5 heteroatoms. The van der Waals surface area contributed by atoms with Gasteiger partial charge in [0, 0.05) is 36.8 Å². The number of hydrogen-bond donors (Lipinski definition) is 0. The second-order valence-corrected chi connectivity index (χ2v) is 5.99. The maximum absolute atomic E-state index is 14.0. The van der Waals surface area contributed by atoms with Crippen molar-refractivity contribution in [1.29, 1.82) is 0 Å². The van der Waals surface area contributed by atoms with Crippen LogP contribution in [0.2, 0.25) is 0 Å². The van der Waals surface area contributed by atoms with Crippen molar-refractivity contribution in [2.45, 2.75) is 36.3 Å². The first-order chi connectivity index (χ1) is 9.72. The summed E-state index contributed by atoms with van der Waals surface area (Å²) in [6.07, 6.45) is 2.44. The predicted octanol–water partition coefficient (Wildman–Crippen LogP) is 3.44. The van der Waals surface area contributed by atoms with Crippen LogP contribution in [0.25, 0.3) is 0 Å². The Balaban J connectivity index is 1.74. The standard InChI is InChI=1S/C15H18BrFO3/c16-9-11-2-1-3-13(17)14(11)20-12-4-6-19-15(8-12)5-7-18-10-15/h1-3,12H,4-10H2. The van der Waals surface area contributed by atoms with Crippen LogP contribution in [0, 0.1) is 5.82 Å². The number of hydrogen-bond acceptors (Lipinski definition) is 3. The van der Waals surface area contributed by atoms with Crippen LogP contribution in [0.4, 0.5) is 4.39 Å². The molecule has 0 N–H and O–H groups in total. The molecule has 1 spiro atoms. The van der Waals surface area contributed by atoms with Gasteiger partial charge in [0.2, 0.25) is 0 Å². The zero-order valence-corrected chi connectivity index (χ0v) is 12.8. The Hall–Kier alpha value is -0.650. The fourth-order valence-corrected chi connectivity index (χ4v) is 3.35.